The van der Waals surface area contributed by atoms with Gasteiger partial charge in [0.05, 0.1) is 17.1 Å². The van der Waals surface area contributed by atoms with Crippen LogP contribution in [0.5, 0.6) is 0 Å². The number of anilines is 2. The van der Waals surface area contributed by atoms with Crippen molar-refractivity contribution in [3.63, 3.8) is 0 Å². The summed E-state index contributed by atoms with van der Waals surface area (Å²) >= 11 is 0. The average molecular weight is 518 g/mol. The maximum Gasteiger partial charge on any atom is 0.258 e. The van der Waals surface area contributed by atoms with Crippen molar-refractivity contribution in [2.75, 3.05) is 44.4 Å². The molecule has 0 aliphatic carbocycles. The summed E-state index contributed by atoms with van der Waals surface area (Å²) < 4.78 is 2.10. The summed E-state index contributed by atoms with van der Waals surface area (Å²) in [6.07, 6.45) is 9.14. The van der Waals surface area contributed by atoms with Crippen molar-refractivity contribution in [2.24, 2.45) is 10.9 Å². The molecule has 3 aromatic rings. The Kier molecular flexibility index (Phi) is 8.70. The van der Waals surface area contributed by atoms with Crippen molar-refractivity contribution in [1.82, 2.24) is 24.3 Å². The van der Waals surface area contributed by atoms with Crippen LogP contribution in [0.1, 0.15) is 41.2 Å². The van der Waals surface area contributed by atoms with E-state index < -0.39 is 0 Å². The smallest absolute Gasteiger partial charge is 0.258 e. The number of hydrogen-bond acceptors (Lipinski definition) is 7. The molecule has 1 aliphatic heterocycles. The molecule has 1 saturated heterocycles. The fraction of sp³-hybridized carbons (Fsp3) is 0.370. The van der Waals surface area contributed by atoms with Crippen LogP contribution in [0.15, 0.2) is 53.8 Å². The lowest BCUT2D eigenvalue weighted by atomic mass is 10.1. The molecule has 1 aromatic carbocycles. The molecule has 3 heterocycles. The number of pyridine rings is 1. The maximum atomic E-state index is 13.3. The number of hydrazone groups is 1. The first-order chi connectivity index (χ1) is 18.4. The third-order valence-corrected chi connectivity index (χ3v) is 6.50. The van der Waals surface area contributed by atoms with Gasteiger partial charge in [0.2, 0.25) is 11.9 Å². The van der Waals surface area contributed by atoms with Crippen LogP contribution >= 0.6 is 0 Å². The van der Waals surface area contributed by atoms with E-state index in [2.05, 4.69) is 25.3 Å². The van der Waals surface area contributed by atoms with Crippen LogP contribution < -0.4 is 16.5 Å². The molecule has 11 heteroatoms. The number of aryl methyl sites for hydroxylation is 1. The van der Waals surface area contributed by atoms with Gasteiger partial charge in [-0.05, 0) is 64.0 Å². The molecule has 0 spiro atoms. The van der Waals surface area contributed by atoms with Crippen molar-refractivity contribution in [3.05, 3.63) is 59.8 Å². The zero-order valence-corrected chi connectivity index (χ0v) is 22.1. The minimum absolute atomic E-state index is 0.00307. The first kappa shape index (κ1) is 26.8. The van der Waals surface area contributed by atoms with Gasteiger partial charge >= 0.3 is 0 Å². The molecule has 11 nitrogen and oxygen atoms in total. The number of hydrogen-bond donors (Lipinski definition) is 3. The van der Waals surface area contributed by atoms with Crippen molar-refractivity contribution >= 4 is 41.0 Å². The topological polar surface area (TPSA) is 134 Å². The predicted molar refractivity (Wildman–Crippen MR) is 150 cm³/mol. The van der Waals surface area contributed by atoms with Gasteiger partial charge < -0.3 is 25.5 Å². The Labute approximate surface area is 222 Å². The van der Waals surface area contributed by atoms with Gasteiger partial charge in [-0.15, -0.1) is 0 Å². The highest BCUT2D eigenvalue weighted by Crippen LogP contribution is 2.32. The quantitative estimate of drug-likeness (QED) is 0.137. The van der Waals surface area contributed by atoms with Gasteiger partial charge in [0.25, 0.3) is 5.91 Å². The molecule has 4 rings (SSSR count). The Morgan fingerprint density at radius 3 is 2.89 bits per heavy atom. The van der Waals surface area contributed by atoms with Crippen molar-refractivity contribution in [3.8, 4) is 0 Å². The Balaban J connectivity index is 1.65. The molecule has 0 bridgehead atoms. The Hall–Kier alpha value is -4.25. The largest absolute Gasteiger partial charge is 0.337 e. The summed E-state index contributed by atoms with van der Waals surface area (Å²) in [6.45, 7) is 3.98. The van der Waals surface area contributed by atoms with Crippen LogP contribution in [-0.4, -0.2) is 76.2 Å². The average Bonchev–Trinajstić information content (AvgIpc) is 3.09. The van der Waals surface area contributed by atoms with E-state index in [1.54, 1.807) is 18.2 Å². The third-order valence-electron chi connectivity index (χ3n) is 6.50. The number of rotatable bonds is 8. The SMILES string of the molecule is Cc1cccc2nc(NC(=O)c3ccnc(N/C=N\N)c3)n(C3CCCCN(C(=O)/C=C/CN(C)C)C3)c12. The van der Waals surface area contributed by atoms with Crippen LogP contribution in [-0.2, 0) is 4.79 Å². The summed E-state index contributed by atoms with van der Waals surface area (Å²) in [5.74, 6) is 5.73. The fourth-order valence-corrected chi connectivity index (χ4v) is 4.69. The molecule has 1 atom stereocenters. The molecule has 4 N–H and O–H groups in total. The maximum absolute atomic E-state index is 13.3. The summed E-state index contributed by atoms with van der Waals surface area (Å²) in [5, 5.41) is 9.22. The number of likely N-dealkylation sites (tertiary alicyclic amines) is 1. The highest BCUT2D eigenvalue weighted by molar-refractivity contribution is 6.04. The molecule has 200 valence electrons. The minimum atomic E-state index is -0.317. The van der Waals surface area contributed by atoms with Gasteiger partial charge in [-0.25, -0.2) is 9.97 Å². The van der Waals surface area contributed by atoms with Crippen LogP contribution in [0.3, 0.4) is 0 Å². The predicted octanol–water partition coefficient (Wildman–Crippen LogP) is 2.98. The number of imidazole rings is 1. The number of nitrogens with two attached hydrogens (primary N) is 1. The Bertz CT molecular complexity index is 1350. The molecule has 38 heavy (non-hydrogen) atoms. The molecule has 0 saturated carbocycles. The molecule has 1 fully saturated rings. The van der Waals surface area contributed by atoms with E-state index in [-0.39, 0.29) is 17.9 Å². The number of carbonyl (C=O) groups is 2. The lowest BCUT2D eigenvalue weighted by molar-refractivity contribution is -0.126. The molecular formula is C27H35N9O2. The highest BCUT2D eigenvalue weighted by atomic mass is 16.2. The second-order valence-corrected chi connectivity index (χ2v) is 9.65. The standard InChI is InChI=1S/C27H35N9O2/c1-19-8-6-10-22-25(19)36(21-9-4-5-15-35(17-21)24(37)11-7-14-34(2)3)27(32-22)33-26(38)20-12-13-29-23(16-20)30-18-31-28/h6-8,10-13,16,18,21H,4-5,9,14-15,17,28H2,1-3H3,(H,29,30,31)(H,32,33,38)/b11-7+. The molecule has 2 amide bonds. The van der Waals surface area contributed by atoms with E-state index in [4.69, 9.17) is 10.8 Å². The van der Waals surface area contributed by atoms with Gasteiger partial charge in [-0.1, -0.05) is 18.2 Å². The number of carbonyl (C=O) groups excluding carboxylic acids is 2. The van der Waals surface area contributed by atoms with E-state index in [1.165, 1.54) is 12.5 Å². The van der Waals surface area contributed by atoms with Crippen molar-refractivity contribution in [1.29, 1.82) is 0 Å². The molecule has 2 aromatic heterocycles. The van der Waals surface area contributed by atoms with Crippen LogP contribution in [0.25, 0.3) is 11.0 Å². The van der Waals surface area contributed by atoms with Gasteiger partial charge in [-0.2, -0.15) is 5.10 Å². The monoisotopic (exact) mass is 517 g/mol. The fourth-order valence-electron chi connectivity index (χ4n) is 4.69. The normalized spacial score (nSPS) is 16.4. The minimum Gasteiger partial charge on any atom is -0.337 e. The molecular weight excluding hydrogens is 482 g/mol. The second-order valence-electron chi connectivity index (χ2n) is 9.65. The second kappa shape index (κ2) is 12.3. The van der Waals surface area contributed by atoms with E-state index in [1.807, 2.05) is 55.1 Å². The molecule has 0 radical (unpaired) electrons. The van der Waals surface area contributed by atoms with Gasteiger partial charge in [0.15, 0.2) is 0 Å². The number of amides is 2. The summed E-state index contributed by atoms with van der Waals surface area (Å²) in [6, 6.07) is 9.14. The van der Waals surface area contributed by atoms with Gasteiger partial charge in [0.1, 0.15) is 12.2 Å². The van der Waals surface area contributed by atoms with Gasteiger partial charge in [-0.3, -0.25) is 14.9 Å². The summed E-state index contributed by atoms with van der Waals surface area (Å²) in [4.78, 5) is 39.2. The summed E-state index contributed by atoms with van der Waals surface area (Å²) in [7, 11) is 3.94. The van der Waals surface area contributed by atoms with Crippen molar-refractivity contribution in [2.45, 2.75) is 32.2 Å². The van der Waals surface area contributed by atoms with E-state index in [0.29, 0.717) is 37.0 Å². The zero-order valence-electron chi connectivity index (χ0n) is 22.1. The number of likely N-dealkylation sites (N-methyl/N-ethyl adjacent to an activating group) is 1. The number of nitrogens with one attached hydrogen (secondary N) is 2. The van der Waals surface area contributed by atoms with E-state index in [9.17, 15) is 9.59 Å². The Morgan fingerprint density at radius 1 is 1.26 bits per heavy atom. The number of fused-ring (bicyclic) bond motifs is 1. The number of benzene rings is 1. The van der Waals surface area contributed by atoms with E-state index >= 15 is 0 Å². The van der Waals surface area contributed by atoms with Crippen LogP contribution in [0.2, 0.25) is 0 Å². The molecule has 1 unspecified atom stereocenters. The molecule has 1 aliphatic rings. The first-order valence-electron chi connectivity index (χ1n) is 12.7. The third kappa shape index (κ3) is 6.35. The Morgan fingerprint density at radius 2 is 2.11 bits per heavy atom. The van der Waals surface area contributed by atoms with Gasteiger partial charge in [0, 0.05) is 37.5 Å². The van der Waals surface area contributed by atoms with E-state index in [0.717, 1.165) is 35.9 Å². The lowest BCUT2D eigenvalue weighted by Crippen LogP contribution is -2.35. The summed E-state index contributed by atoms with van der Waals surface area (Å²) in [5.41, 5.74) is 3.22. The van der Waals surface area contributed by atoms with Crippen LogP contribution in [0.4, 0.5) is 11.8 Å². The number of nitrogens with zero attached hydrogens (tertiary/aromatic N) is 6. The van der Waals surface area contributed by atoms with Crippen molar-refractivity contribution < 1.29 is 9.59 Å². The number of aromatic nitrogens is 3. The lowest BCUT2D eigenvalue weighted by Gasteiger charge is -2.26. The number of para-hydroxylation sites is 1. The first-order valence-corrected chi connectivity index (χ1v) is 12.7. The highest BCUT2D eigenvalue weighted by Gasteiger charge is 2.27. The zero-order chi connectivity index (χ0) is 27.1. The van der Waals surface area contributed by atoms with Crippen LogP contribution in [0, 0.1) is 6.92 Å².